The molecule has 0 unspecified atom stereocenters. The molecule has 0 bridgehead atoms. The molecule has 0 radical (unpaired) electrons. The molecule has 0 saturated carbocycles. The lowest BCUT2D eigenvalue weighted by molar-refractivity contribution is -0.384. The highest BCUT2D eigenvalue weighted by Gasteiger charge is 2.07. The maximum atomic E-state index is 10.6. The zero-order valence-electron chi connectivity index (χ0n) is 9.22. The molecule has 0 saturated heterocycles. The minimum atomic E-state index is -0.400. The predicted octanol–water partition coefficient (Wildman–Crippen LogP) is 2.86. The summed E-state index contributed by atoms with van der Waals surface area (Å²) in [5.74, 6) is 0.596. The number of thioether (sulfide) groups is 1. The Hall–Kier alpha value is -1.73. The van der Waals surface area contributed by atoms with E-state index >= 15 is 0 Å². The Kier molecular flexibility index (Phi) is 4.06. The summed E-state index contributed by atoms with van der Waals surface area (Å²) in [4.78, 5) is 14.1. The minimum Gasteiger partial charge on any atom is -0.291 e. The van der Waals surface area contributed by atoms with Crippen molar-refractivity contribution in [3.8, 4) is 0 Å². The van der Waals surface area contributed by atoms with Crippen molar-refractivity contribution in [2.45, 2.75) is 5.75 Å². The number of nitro benzene ring substituents is 1. The summed E-state index contributed by atoms with van der Waals surface area (Å²) in [5, 5.41) is 10.6. The van der Waals surface area contributed by atoms with Crippen LogP contribution in [0.1, 0.15) is 5.56 Å². The molecule has 0 N–H and O–H groups in total. The Morgan fingerprint density at radius 2 is 2.39 bits per heavy atom. The lowest BCUT2D eigenvalue weighted by atomic mass is 10.2. The van der Waals surface area contributed by atoms with Crippen LogP contribution in [0.4, 0.5) is 5.69 Å². The molecule has 5 nitrogen and oxygen atoms in total. The van der Waals surface area contributed by atoms with Gasteiger partial charge in [-0.3, -0.25) is 14.7 Å². The van der Waals surface area contributed by atoms with Crippen molar-refractivity contribution in [2.75, 3.05) is 0 Å². The molecule has 1 aromatic heterocycles. The first kappa shape index (κ1) is 12.7. The summed E-state index contributed by atoms with van der Waals surface area (Å²) in [7, 11) is 0. The number of thiocarbonyl (C=S) groups is 1. The van der Waals surface area contributed by atoms with E-state index < -0.39 is 4.92 Å². The standard InChI is InChI=1S/C11H9N3O2S2/c15-14(16)10-3-1-2-9(6-10)7-18-11(17)13-5-4-12-8-13/h1-6,8H,7H2. The number of imidazole rings is 1. The SMILES string of the molecule is O=[N+]([O-])c1cccc(CSC(=S)n2ccnc2)c1. The van der Waals surface area contributed by atoms with Gasteiger partial charge in [-0.1, -0.05) is 36.1 Å². The second kappa shape index (κ2) is 5.74. The molecular formula is C11H9N3O2S2. The predicted molar refractivity (Wildman–Crippen MR) is 74.6 cm³/mol. The third-order valence-corrected chi connectivity index (χ3v) is 3.70. The normalized spacial score (nSPS) is 10.2. The van der Waals surface area contributed by atoms with Gasteiger partial charge in [0, 0.05) is 30.3 Å². The summed E-state index contributed by atoms with van der Waals surface area (Å²) in [6.07, 6.45) is 5.05. The van der Waals surface area contributed by atoms with E-state index in [1.807, 2.05) is 6.07 Å². The average Bonchev–Trinajstić information content (AvgIpc) is 2.90. The molecule has 0 aliphatic rings. The Bertz CT molecular complexity index is 569. The zero-order chi connectivity index (χ0) is 13.0. The van der Waals surface area contributed by atoms with Gasteiger partial charge in [-0.15, -0.1) is 0 Å². The van der Waals surface area contributed by atoms with E-state index in [9.17, 15) is 10.1 Å². The highest BCUT2D eigenvalue weighted by molar-refractivity contribution is 8.22. The smallest absolute Gasteiger partial charge is 0.269 e. The van der Waals surface area contributed by atoms with E-state index in [0.29, 0.717) is 10.1 Å². The van der Waals surface area contributed by atoms with Crippen molar-refractivity contribution in [3.05, 3.63) is 58.7 Å². The van der Waals surface area contributed by atoms with Crippen molar-refractivity contribution >= 4 is 34.0 Å². The van der Waals surface area contributed by atoms with Gasteiger partial charge in [0.1, 0.15) is 10.6 Å². The van der Waals surface area contributed by atoms with Crippen molar-refractivity contribution < 1.29 is 4.92 Å². The lowest BCUT2D eigenvalue weighted by Gasteiger charge is -2.04. The molecule has 0 aliphatic carbocycles. The van der Waals surface area contributed by atoms with Crippen molar-refractivity contribution in [1.29, 1.82) is 0 Å². The van der Waals surface area contributed by atoms with Crippen LogP contribution in [-0.2, 0) is 5.75 Å². The average molecular weight is 279 g/mol. The molecule has 18 heavy (non-hydrogen) atoms. The molecule has 0 atom stereocenters. The maximum Gasteiger partial charge on any atom is 0.269 e. The van der Waals surface area contributed by atoms with Gasteiger partial charge in [0.15, 0.2) is 0 Å². The summed E-state index contributed by atoms with van der Waals surface area (Å²) in [5.41, 5.74) is 0.971. The van der Waals surface area contributed by atoms with E-state index in [4.69, 9.17) is 12.2 Å². The van der Waals surface area contributed by atoms with Gasteiger partial charge in [-0.05, 0) is 5.56 Å². The van der Waals surface area contributed by atoms with Gasteiger partial charge in [0.05, 0.1) is 4.92 Å². The van der Waals surface area contributed by atoms with Gasteiger partial charge >= 0.3 is 0 Å². The van der Waals surface area contributed by atoms with Gasteiger partial charge in [0.25, 0.3) is 5.69 Å². The highest BCUT2D eigenvalue weighted by Crippen LogP contribution is 2.19. The number of hydrogen-bond acceptors (Lipinski definition) is 5. The maximum absolute atomic E-state index is 10.6. The van der Waals surface area contributed by atoms with Crippen LogP contribution in [0.25, 0.3) is 0 Å². The summed E-state index contributed by atoms with van der Waals surface area (Å²) in [6, 6.07) is 6.55. The molecule has 7 heteroatoms. The fourth-order valence-corrected chi connectivity index (χ4v) is 2.36. The Balaban J connectivity index is 2.00. The van der Waals surface area contributed by atoms with E-state index in [1.54, 1.807) is 35.4 Å². The van der Waals surface area contributed by atoms with Crippen LogP contribution in [0.5, 0.6) is 0 Å². The topological polar surface area (TPSA) is 61.0 Å². The Labute approximate surface area is 113 Å². The van der Waals surface area contributed by atoms with Crippen molar-refractivity contribution in [3.63, 3.8) is 0 Å². The number of nitro groups is 1. The second-order valence-corrected chi connectivity index (χ2v) is 5.06. The molecule has 92 valence electrons. The summed E-state index contributed by atoms with van der Waals surface area (Å²) >= 11 is 6.65. The lowest BCUT2D eigenvalue weighted by Crippen LogP contribution is -2.01. The first-order valence-electron chi connectivity index (χ1n) is 5.05. The zero-order valence-corrected chi connectivity index (χ0v) is 10.9. The Morgan fingerprint density at radius 1 is 1.56 bits per heavy atom. The fraction of sp³-hybridized carbons (Fsp3) is 0.0909. The largest absolute Gasteiger partial charge is 0.291 e. The number of nitrogens with zero attached hydrogens (tertiary/aromatic N) is 3. The fourth-order valence-electron chi connectivity index (χ4n) is 1.35. The molecule has 0 spiro atoms. The number of hydrogen-bond donors (Lipinski definition) is 0. The van der Waals surface area contributed by atoms with Gasteiger partial charge < -0.3 is 0 Å². The van der Waals surface area contributed by atoms with Gasteiger partial charge in [-0.25, -0.2) is 4.98 Å². The third-order valence-electron chi connectivity index (χ3n) is 2.20. The first-order valence-corrected chi connectivity index (χ1v) is 6.44. The van der Waals surface area contributed by atoms with Crippen LogP contribution in [0.2, 0.25) is 0 Å². The summed E-state index contributed by atoms with van der Waals surface area (Å²) < 4.78 is 2.40. The van der Waals surface area contributed by atoms with Crippen LogP contribution in [0.3, 0.4) is 0 Å². The first-order chi connectivity index (χ1) is 8.66. The quantitative estimate of drug-likeness (QED) is 0.491. The second-order valence-electron chi connectivity index (χ2n) is 3.45. The number of aromatic nitrogens is 2. The molecule has 1 aromatic carbocycles. The monoisotopic (exact) mass is 279 g/mol. The Morgan fingerprint density at radius 3 is 3.06 bits per heavy atom. The number of non-ortho nitro benzene ring substituents is 1. The molecule has 0 amide bonds. The van der Waals surface area contributed by atoms with E-state index in [-0.39, 0.29) is 5.69 Å². The van der Waals surface area contributed by atoms with Crippen LogP contribution in [0.15, 0.2) is 43.0 Å². The highest BCUT2D eigenvalue weighted by atomic mass is 32.2. The van der Waals surface area contributed by atoms with Crippen molar-refractivity contribution in [1.82, 2.24) is 9.55 Å². The van der Waals surface area contributed by atoms with E-state index in [1.165, 1.54) is 17.8 Å². The summed E-state index contributed by atoms with van der Waals surface area (Å²) in [6.45, 7) is 0. The molecule has 0 fully saturated rings. The minimum absolute atomic E-state index is 0.0987. The molecule has 2 aromatic rings. The number of benzene rings is 1. The number of rotatable bonds is 3. The van der Waals surface area contributed by atoms with Gasteiger partial charge in [-0.2, -0.15) is 0 Å². The van der Waals surface area contributed by atoms with Crippen LogP contribution in [0, 0.1) is 10.1 Å². The van der Waals surface area contributed by atoms with Crippen LogP contribution in [-0.4, -0.2) is 18.8 Å². The van der Waals surface area contributed by atoms with Crippen LogP contribution < -0.4 is 0 Å². The van der Waals surface area contributed by atoms with E-state index in [0.717, 1.165) is 5.56 Å². The van der Waals surface area contributed by atoms with Crippen molar-refractivity contribution in [2.24, 2.45) is 0 Å². The third kappa shape index (κ3) is 3.14. The molecule has 1 heterocycles. The molecule has 2 rings (SSSR count). The van der Waals surface area contributed by atoms with E-state index in [2.05, 4.69) is 4.98 Å². The van der Waals surface area contributed by atoms with Crippen LogP contribution >= 0.6 is 24.0 Å². The molecule has 0 aliphatic heterocycles. The molecular weight excluding hydrogens is 270 g/mol. The van der Waals surface area contributed by atoms with Gasteiger partial charge in [0.2, 0.25) is 0 Å².